The smallest absolute Gasteiger partial charge is 0.124 e. The minimum atomic E-state index is 0.482. The zero-order chi connectivity index (χ0) is 18.2. The normalized spacial score (nSPS) is 15.2. The zero-order valence-electron chi connectivity index (χ0n) is 14.8. The van der Waals surface area contributed by atoms with Crippen molar-refractivity contribution in [3.05, 3.63) is 63.6 Å². The molecule has 0 bridgehead atoms. The lowest BCUT2D eigenvalue weighted by atomic mass is 10.2. The zero-order valence-corrected chi connectivity index (χ0v) is 16.3. The van der Waals surface area contributed by atoms with E-state index in [-0.39, 0.29) is 0 Å². The largest absolute Gasteiger partial charge is 0.489 e. The fraction of sp³-hybridized carbons (Fsp3) is 0.400. The highest BCUT2D eigenvalue weighted by Crippen LogP contribution is 2.24. The Morgan fingerprint density at radius 3 is 2.65 bits per heavy atom. The molecule has 0 saturated carbocycles. The van der Waals surface area contributed by atoms with Crippen molar-refractivity contribution in [2.75, 3.05) is 39.3 Å². The highest BCUT2D eigenvalue weighted by molar-refractivity contribution is 6.30. The topological polar surface area (TPSA) is 36.5 Å². The molecule has 26 heavy (non-hydrogen) atoms. The van der Waals surface area contributed by atoms with E-state index in [1.807, 2.05) is 42.5 Å². The maximum absolute atomic E-state index is 6.17. The van der Waals surface area contributed by atoms with Gasteiger partial charge >= 0.3 is 0 Å². The Morgan fingerprint density at radius 1 is 1.04 bits per heavy atom. The number of hydrogen-bond acceptors (Lipinski definition) is 4. The van der Waals surface area contributed by atoms with Crippen LogP contribution in [-0.2, 0) is 13.2 Å². The molecule has 0 unspecified atom stereocenters. The first kappa shape index (κ1) is 19.5. The first-order valence-electron chi connectivity index (χ1n) is 9.00. The van der Waals surface area contributed by atoms with Gasteiger partial charge in [-0.25, -0.2) is 0 Å². The Labute approximate surface area is 165 Å². The van der Waals surface area contributed by atoms with E-state index in [1.165, 1.54) is 0 Å². The molecule has 0 spiro atoms. The molecular formula is C20H25Cl2N3O. The van der Waals surface area contributed by atoms with Crippen molar-refractivity contribution in [2.45, 2.75) is 13.2 Å². The van der Waals surface area contributed by atoms with Gasteiger partial charge in [0.1, 0.15) is 12.4 Å². The van der Waals surface area contributed by atoms with Crippen LogP contribution in [0.25, 0.3) is 0 Å². The van der Waals surface area contributed by atoms with E-state index in [4.69, 9.17) is 27.9 Å². The number of piperazine rings is 1. The number of nitrogens with zero attached hydrogens (tertiary/aromatic N) is 1. The van der Waals surface area contributed by atoms with Gasteiger partial charge in [-0.2, -0.15) is 0 Å². The first-order chi connectivity index (χ1) is 12.7. The van der Waals surface area contributed by atoms with Crippen LogP contribution in [0, 0.1) is 0 Å². The molecule has 0 atom stereocenters. The van der Waals surface area contributed by atoms with E-state index >= 15 is 0 Å². The molecule has 0 aliphatic carbocycles. The highest BCUT2D eigenvalue weighted by atomic mass is 35.5. The predicted molar refractivity (Wildman–Crippen MR) is 108 cm³/mol. The van der Waals surface area contributed by atoms with Crippen LogP contribution in [0.2, 0.25) is 10.0 Å². The molecule has 0 amide bonds. The molecular weight excluding hydrogens is 369 g/mol. The molecule has 0 aromatic heterocycles. The van der Waals surface area contributed by atoms with Gasteiger partial charge in [-0.05, 0) is 35.9 Å². The van der Waals surface area contributed by atoms with E-state index in [2.05, 4.69) is 15.5 Å². The molecule has 3 rings (SSSR count). The number of hydrogen-bond donors (Lipinski definition) is 2. The summed E-state index contributed by atoms with van der Waals surface area (Å²) in [6, 6.07) is 13.5. The lowest BCUT2D eigenvalue weighted by molar-refractivity contribution is 0.240. The minimum absolute atomic E-state index is 0.482. The Bertz CT molecular complexity index is 705. The van der Waals surface area contributed by atoms with Crippen molar-refractivity contribution in [3.63, 3.8) is 0 Å². The molecule has 1 aliphatic rings. The molecule has 1 aliphatic heterocycles. The van der Waals surface area contributed by atoms with Gasteiger partial charge in [0.05, 0.1) is 0 Å². The van der Waals surface area contributed by atoms with Crippen molar-refractivity contribution >= 4 is 23.2 Å². The van der Waals surface area contributed by atoms with Gasteiger partial charge in [0, 0.05) is 61.4 Å². The van der Waals surface area contributed by atoms with E-state index in [9.17, 15) is 0 Å². The Hall–Kier alpha value is -1.30. The van der Waals surface area contributed by atoms with Crippen LogP contribution < -0.4 is 15.4 Å². The van der Waals surface area contributed by atoms with Crippen LogP contribution in [-0.4, -0.2) is 44.2 Å². The molecule has 4 nitrogen and oxygen atoms in total. The minimum Gasteiger partial charge on any atom is -0.489 e. The van der Waals surface area contributed by atoms with Crippen LogP contribution in [0.15, 0.2) is 42.5 Å². The summed E-state index contributed by atoms with van der Waals surface area (Å²) in [6.45, 7) is 7.61. The number of benzene rings is 2. The SMILES string of the molecule is Clc1cccc(COc2ccc(Cl)cc2CNCCN2CCNCC2)c1. The molecule has 6 heteroatoms. The van der Waals surface area contributed by atoms with E-state index in [0.29, 0.717) is 6.61 Å². The van der Waals surface area contributed by atoms with Crippen molar-refractivity contribution in [3.8, 4) is 5.75 Å². The lowest BCUT2D eigenvalue weighted by Gasteiger charge is -2.27. The molecule has 140 valence electrons. The van der Waals surface area contributed by atoms with Crippen LogP contribution in [0.5, 0.6) is 5.75 Å². The third-order valence-electron chi connectivity index (χ3n) is 4.44. The van der Waals surface area contributed by atoms with Gasteiger partial charge in [-0.1, -0.05) is 35.3 Å². The maximum atomic E-state index is 6.17. The average Bonchev–Trinajstić information content (AvgIpc) is 2.65. The summed E-state index contributed by atoms with van der Waals surface area (Å²) < 4.78 is 6.00. The van der Waals surface area contributed by atoms with Crippen LogP contribution >= 0.6 is 23.2 Å². The summed E-state index contributed by atoms with van der Waals surface area (Å²) in [7, 11) is 0. The number of rotatable bonds is 8. The maximum Gasteiger partial charge on any atom is 0.124 e. The second-order valence-electron chi connectivity index (χ2n) is 6.44. The van der Waals surface area contributed by atoms with Gasteiger partial charge in [0.25, 0.3) is 0 Å². The number of ether oxygens (including phenoxy) is 1. The Morgan fingerprint density at radius 2 is 1.85 bits per heavy atom. The molecule has 2 N–H and O–H groups in total. The monoisotopic (exact) mass is 393 g/mol. The van der Waals surface area contributed by atoms with Gasteiger partial charge < -0.3 is 15.4 Å². The summed E-state index contributed by atoms with van der Waals surface area (Å²) in [5, 5.41) is 8.32. The summed E-state index contributed by atoms with van der Waals surface area (Å²) >= 11 is 12.2. The molecule has 2 aromatic carbocycles. The quantitative estimate of drug-likeness (QED) is 0.672. The first-order valence-corrected chi connectivity index (χ1v) is 9.76. The van der Waals surface area contributed by atoms with E-state index < -0.39 is 0 Å². The van der Waals surface area contributed by atoms with Crippen molar-refractivity contribution in [2.24, 2.45) is 0 Å². The molecule has 1 fully saturated rings. The Balaban J connectivity index is 1.51. The van der Waals surface area contributed by atoms with Crippen molar-refractivity contribution in [1.29, 1.82) is 0 Å². The number of halogens is 2. The molecule has 1 heterocycles. The summed E-state index contributed by atoms with van der Waals surface area (Å²) in [5.74, 6) is 0.851. The van der Waals surface area contributed by atoms with Gasteiger partial charge in [0.15, 0.2) is 0 Å². The fourth-order valence-electron chi connectivity index (χ4n) is 3.01. The van der Waals surface area contributed by atoms with Crippen molar-refractivity contribution < 1.29 is 4.74 Å². The van der Waals surface area contributed by atoms with Gasteiger partial charge in [0.2, 0.25) is 0 Å². The number of nitrogens with one attached hydrogen (secondary N) is 2. The third kappa shape index (κ3) is 6.15. The van der Waals surface area contributed by atoms with Crippen molar-refractivity contribution in [1.82, 2.24) is 15.5 Å². The van der Waals surface area contributed by atoms with E-state index in [1.54, 1.807) is 0 Å². The predicted octanol–water partition coefficient (Wildman–Crippen LogP) is 3.57. The highest BCUT2D eigenvalue weighted by Gasteiger charge is 2.09. The molecule has 2 aromatic rings. The van der Waals surface area contributed by atoms with Gasteiger partial charge in [-0.3, -0.25) is 4.90 Å². The summed E-state index contributed by atoms with van der Waals surface area (Å²) in [6.07, 6.45) is 0. The fourth-order valence-corrected chi connectivity index (χ4v) is 3.42. The summed E-state index contributed by atoms with van der Waals surface area (Å²) in [4.78, 5) is 2.47. The van der Waals surface area contributed by atoms with Crippen LogP contribution in [0.3, 0.4) is 0 Å². The average molecular weight is 394 g/mol. The molecule has 1 saturated heterocycles. The second kappa shape index (κ2) is 10.1. The third-order valence-corrected chi connectivity index (χ3v) is 4.91. The summed E-state index contributed by atoms with van der Waals surface area (Å²) in [5.41, 5.74) is 2.12. The molecule has 0 radical (unpaired) electrons. The Kier molecular flexibility index (Phi) is 7.59. The standard InChI is InChI=1S/C20H25Cl2N3O/c21-18-3-1-2-16(12-18)15-26-20-5-4-19(22)13-17(20)14-24-8-11-25-9-6-23-7-10-25/h1-5,12-13,23-24H,6-11,14-15H2. The van der Waals surface area contributed by atoms with Crippen LogP contribution in [0.4, 0.5) is 0 Å². The van der Waals surface area contributed by atoms with Crippen LogP contribution in [0.1, 0.15) is 11.1 Å². The lowest BCUT2D eigenvalue weighted by Crippen LogP contribution is -2.45. The second-order valence-corrected chi connectivity index (χ2v) is 7.31. The van der Waals surface area contributed by atoms with E-state index in [0.717, 1.165) is 72.7 Å². The van der Waals surface area contributed by atoms with Gasteiger partial charge in [-0.15, -0.1) is 0 Å².